The van der Waals surface area contributed by atoms with Crippen LogP contribution in [-0.2, 0) is 10.1 Å². The molecule has 0 fully saturated rings. The maximum absolute atomic E-state index is 10.7. The van der Waals surface area contributed by atoms with Gasteiger partial charge in [0.2, 0.25) is 0 Å². The summed E-state index contributed by atoms with van der Waals surface area (Å²) in [6.45, 7) is 1.59. The second-order valence-electron chi connectivity index (χ2n) is 2.57. The molecule has 0 heterocycles. The summed E-state index contributed by atoms with van der Waals surface area (Å²) in [5.74, 6) is 0. The van der Waals surface area contributed by atoms with Crippen LogP contribution in [0, 0.1) is 6.92 Å². The van der Waals surface area contributed by atoms with E-state index >= 15 is 0 Å². The third-order valence-corrected chi connectivity index (χ3v) is 3.11. The van der Waals surface area contributed by atoms with Gasteiger partial charge in [0, 0.05) is 0 Å². The molecule has 2 N–H and O–H groups in total. The van der Waals surface area contributed by atoms with E-state index < -0.39 is 15.0 Å². The Balaban J connectivity index is 0.00000169. The average Bonchev–Trinajstić information content (AvgIpc) is 1.95. The third-order valence-electron chi connectivity index (χ3n) is 1.57. The zero-order valence-corrected chi connectivity index (χ0v) is 12.4. The smallest absolute Gasteiger partial charge is 0.744 e. The number of aryl methyl sites for hydroxylation is 1. The van der Waals surface area contributed by atoms with Gasteiger partial charge >= 0.3 is 51.4 Å². The van der Waals surface area contributed by atoms with Crippen LogP contribution in [0.25, 0.3) is 0 Å². The van der Waals surface area contributed by atoms with E-state index in [9.17, 15) is 13.0 Å². The Morgan fingerprint density at radius 3 is 2.29 bits per heavy atom. The summed E-state index contributed by atoms with van der Waals surface area (Å²) in [5.41, 5.74) is 5.70. The van der Waals surface area contributed by atoms with Gasteiger partial charge in [0.25, 0.3) is 0 Å². The van der Waals surface area contributed by atoms with Gasteiger partial charge in [-0.1, -0.05) is 17.7 Å². The van der Waals surface area contributed by atoms with E-state index in [1.165, 1.54) is 6.07 Å². The minimum atomic E-state index is -4.59. The van der Waals surface area contributed by atoms with Gasteiger partial charge in [-0.15, -0.1) is 0 Å². The number of rotatable bonds is 1. The van der Waals surface area contributed by atoms with Crippen LogP contribution < -0.4 is 57.1 Å². The van der Waals surface area contributed by atoms with E-state index in [1.54, 1.807) is 13.0 Å². The number of hydrogen-bond donors (Lipinski definition) is 1. The first kappa shape index (κ1) is 14.9. The monoisotopic (exact) mass is 259 g/mol. The Labute approximate surface area is 130 Å². The van der Waals surface area contributed by atoms with Gasteiger partial charge in [-0.3, -0.25) is 0 Å². The standard InChI is InChI=1S/C7H8ClNO3S.K/c1-4-2-3-5(9)7(6(4)8)13(10,11)12;/h2-3H,9H2,1H3,(H,10,11,12);/q;+1/p-1. The zero-order valence-electron chi connectivity index (χ0n) is 7.74. The molecule has 0 amide bonds. The largest absolute Gasteiger partial charge is 1.00 e. The summed E-state index contributed by atoms with van der Waals surface area (Å²) < 4.78 is 32.1. The predicted molar refractivity (Wildman–Crippen MR) is 48.6 cm³/mol. The first-order chi connectivity index (χ1) is 5.84. The molecule has 7 heteroatoms. The first-order valence-corrected chi connectivity index (χ1v) is 5.13. The molecular weight excluding hydrogens is 253 g/mol. The van der Waals surface area contributed by atoms with Crippen molar-refractivity contribution in [1.82, 2.24) is 0 Å². The van der Waals surface area contributed by atoms with Crippen LogP contribution in [0.1, 0.15) is 5.56 Å². The van der Waals surface area contributed by atoms with Crippen LogP contribution in [0.2, 0.25) is 5.02 Å². The van der Waals surface area contributed by atoms with Gasteiger partial charge in [-0.05, 0) is 18.6 Å². The molecule has 0 unspecified atom stereocenters. The minimum Gasteiger partial charge on any atom is -0.744 e. The molecule has 0 aliphatic carbocycles. The molecule has 0 aromatic heterocycles. The van der Waals surface area contributed by atoms with Gasteiger partial charge < -0.3 is 10.3 Å². The Bertz CT molecular complexity index is 446. The van der Waals surface area contributed by atoms with E-state index in [2.05, 4.69) is 0 Å². The predicted octanol–water partition coefficient (Wildman–Crippen LogP) is -1.86. The van der Waals surface area contributed by atoms with E-state index in [0.29, 0.717) is 5.56 Å². The topological polar surface area (TPSA) is 83.2 Å². The maximum atomic E-state index is 10.7. The van der Waals surface area contributed by atoms with Crippen molar-refractivity contribution in [2.24, 2.45) is 0 Å². The van der Waals surface area contributed by atoms with Crippen molar-refractivity contribution >= 4 is 27.4 Å². The van der Waals surface area contributed by atoms with Crippen molar-refractivity contribution in [3.63, 3.8) is 0 Å². The summed E-state index contributed by atoms with van der Waals surface area (Å²) in [6, 6.07) is 2.89. The number of anilines is 1. The van der Waals surface area contributed by atoms with Gasteiger partial charge in [-0.25, -0.2) is 8.42 Å². The van der Waals surface area contributed by atoms with Gasteiger partial charge in [-0.2, -0.15) is 0 Å². The molecule has 0 saturated heterocycles. The van der Waals surface area contributed by atoms with E-state index in [4.69, 9.17) is 17.3 Å². The SMILES string of the molecule is Cc1ccc(N)c(S(=O)(=O)[O-])c1Cl.[K+]. The van der Waals surface area contributed by atoms with Crippen molar-refractivity contribution in [3.05, 3.63) is 22.7 Å². The molecule has 0 spiro atoms. The normalized spacial score (nSPS) is 10.8. The fourth-order valence-corrected chi connectivity index (χ4v) is 2.12. The van der Waals surface area contributed by atoms with Crippen LogP contribution in [0.15, 0.2) is 17.0 Å². The first-order valence-electron chi connectivity index (χ1n) is 3.34. The molecule has 1 aromatic rings. The molecule has 0 aliphatic heterocycles. The molecule has 1 aromatic carbocycles. The molecule has 0 radical (unpaired) electrons. The number of halogens is 1. The summed E-state index contributed by atoms with van der Waals surface area (Å²) >= 11 is 5.62. The Kier molecular flexibility index (Phi) is 5.59. The molecule has 0 aliphatic rings. The van der Waals surface area contributed by atoms with E-state index in [-0.39, 0.29) is 62.1 Å². The van der Waals surface area contributed by atoms with Crippen LogP contribution in [0.4, 0.5) is 5.69 Å². The second-order valence-corrected chi connectivity index (χ2v) is 4.26. The quantitative estimate of drug-likeness (QED) is 0.364. The summed E-state index contributed by atoms with van der Waals surface area (Å²) in [7, 11) is -4.59. The van der Waals surface area contributed by atoms with Crippen molar-refractivity contribution in [3.8, 4) is 0 Å². The molecule has 1 rings (SSSR count). The number of nitrogens with two attached hydrogens (primary N) is 1. The molecule has 0 atom stereocenters. The third kappa shape index (κ3) is 3.18. The maximum Gasteiger partial charge on any atom is 1.00 e. The van der Waals surface area contributed by atoms with E-state index in [1.807, 2.05) is 0 Å². The van der Waals surface area contributed by atoms with Crippen molar-refractivity contribution in [2.45, 2.75) is 11.8 Å². The molecule has 0 bridgehead atoms. The summed E-state index contributed by atoms with van der Waals surface area (Å²) in [5, 5.41) is -0.102. The molecule has 72 valence electrons. The van der Waals surface area contributed by atoms with Crippen molar-refractivity contribution in [2.75, 3.05) is 5.73 Å². The second kappa shape index (κ2) is 5.27. The molecule has 4 nitrogen and oxygen atoms in total. The van der Waals surface area contributed by atoms with Gasteiger partial charge in [0.15, 0.2) is 0 Å². The van der Waals surface area contributed by atoms with E-state index in [0.717, 1.165) is 0 Å². The molecule has 0 saturated carbocycles. The molecule has 14 heavy (non-hydrogen) atoms. The van der Waals surface area contributed by atoms with Crippen LogP contribution in [-0.4, -0.2) is 13.0 Å². The Morgan fingerprint density at radius 1 is 1.43 bits per heavy atom. The average molecular weight is 260 g/mol. The van der Waals surface area contributed by atoms with Crippen molar-refractivity contribution in [1.29, 1.82) is 0 Å². The van der Waals surface area contributed by atoms with Gasteiger partial charge in [0.1, 0.15) is 10.1 Å². The van der Waals surface area contributed by atoms with Gasteiger partial charge in [0.05, 0.1) is 15.6 Å². The molecular formula is C7H7ClKNO3S. The zero-order chi connectivity index (χ0) is 10.2. The number of nitrogen functional groups attached to an aromatic ring is 1. The van der Waals surface area contributed by atoms with Crippen LogP contribution in [0.3, 0.4) is 0 Å². The summed E-state index contributed by atoms with van der Waals surface area (Å²) in [6.07, 6.45) is 0. The number of benzene rings is 1. The van der Waals surface area contributed by atoms with Crippen LogP contribution in [0.5, 0.6) is 0 Å². The Morgan fingerprint density at radius 2 is 1.93 bits per heavy atom. The number of hydrogen-bond acceptors (Lipinski definition) is 4. The minimum absolute atomic E-state index is 0. The fraction of sp³-hybridized carbons (Fsp3) is 0.143. The summed E-state index contributed by atoms with van der Waals surface area (Å²) in [4.78, 5) is -0.533. The van der Waals surface area contributed by atoms with Crippen LogP contribution >= 0.6 is 11.6 Å². The fourth-order valence-electron chi connectivity index (χ4n) is 0.924. The Hall–Kier alpha value is 0.856. The van der Waals surface area contributed by atoms with Crippen molar-refractivity contribution < 1.29 is 64.4 Å².